The summed E-state index contributed by atoms with van der Waals surface area (Å²) in [4.78, 5) is 0. The molecule has 17 heavy (non-hydrogen) atoms. The lowest BCUT2D eigenvalue weighted by molar-refractivity contribution is 0.171. The molecule has 4 heteroatoms. The van der Waals surface area contributed by atoms with Crippen LogP contribution in [0, 0.1) is 11.3 Å². The molecule has 0 saturated heterocycles. The summed E-state index contributed by atoms with van der Waals surface area (Å²) in [7, 11) is 1.58. The van der Waals surface area contributed by atoms with Crippen molar-refractivity contribution in [1.29, 1.82) is 5.26 Å². The Bertz CT molecular complexity index is 440. The van der Waals surface area contributed by atoms with Crippen LogP contribution < -0.4 is 10.1 Å². The zero-order valence-electron chi connectivity index (χ0n) is 9.81. The molecular formula is C13H16N2O2. The monoisotopic (exact) mass is 232 g/mol. The van der Waals surface area contributed by atoms with Crippen molar-refractivity contribution in [3.63, 3.8) is 0 Å². The van der Waals surface area contributed by atoms with E-state index in [4.69, 9.17) is 10.00 Å². The SMILES string of the molecule is COc1cccc(C#N)c1N[C@@H]1CCC[C@H]1O. The number of nitrogens with one attached hydrogen (secondary N) is 1. The van der Waals surface area contributed by atoms with Crippen LogP contribution in [0.2, 0.25) is 0 Å². The Balaban J connectivity index is 2.27. The van der Waals surface area contributed by atoms with Gasteiger partial charge < -0.3 is 15.2 Å². The fourth-order valence-corrected chi connectivity index (χ4v) is 2.24. The van der Waals surface area contributed by atoms with E-state index in [-0.39, 0.29) is 12.1 Å². The van der Waals surface area contributed by atoms with Crippen molar-refractivity contribution in [2.75, 3.05) is 12.4 Å². The molecule has 0 heterocycles. The predicted octanol–water partition coefficient (Wildman–Crippen LogP) is 1.89. The van der Waals surface area contributed by atoms with E-state index in [1.807, 2.05) is 6.07 Å². The van der Waals surface area contributed by atoms with Crippen molar-refractivity contribution in [1.82, 2.24) is 0 Å². The van der Waals surface area contributed by atoms with E-state index in [2.05, 4.69) is 11.4 Å². The molecule has 0 bridgehead atoms. The van der Waals surface area contributed by atoms with Crippen LogP contribution in [0.4, 0.5) is 5.69 Å². The lowest BCUT2D eigenvalue weighted by atomic mass is 10.1. The molecule has 4 nitrogen and oxygen atoms in total. The van der Waals surface area contributed by atoms with Crippen molar-refractivity contribution < 1.29 is 9.84 Å². The Morgan fingerprint density at radius 1 is 1.47 bits per heavy atom. The second-order valence-corrected chi connectivity index (χ2v) is 4.24. The minimum Gasteiger partial charge on any atom is -0.495 e. The van der Waals surface area contributed by atoms with E-state index in [0.717, 1.165) is 19.3 Å². The number of ether oxygens (including phenoxy) is 1. The topological polar surface area (TPSA) is 65.3 Å². The highest BCUT2D eigenvalue weighted by Crippen LogP contribution is 2.31. The summed E-state index contributed by atoms with van der Waals surface area (Å²) < 4.78 is 5.24. The number of hydrogen-bond donors (Lipinski definition) is 2. The Morgan fingerprint density at radius 3 is 2.88 bits per heavy atom. The van der Waals surface area contributed by atoms with Crippen LogP contribution in [0.15, 0.2) is 18.2 Å². The smallest absolute Gasteiger partial charge is 0.143 e. The number of nitrogens with zero attached hydrogens (tertiary/aromatic N) is 1. The molecule has 1 aromatic carbocycles. The van der Waals surface area contributed by atoms with E-state index in [9.17, 15) is 5.11 Å². The van der Waals surface area contributed by atoms with Gasteiger partial charge in [0.1, 0.15) is 11.8 Å². The minimum absolute atomic E-state index is 0.0124. The third-order valence-corrected chi connectivity index (χ3v) is 3.18. The third-order valence-electron chi connectivity index (χ3n) is 3.18. The summed E-state index contributed by atoms with van der Waals surface area (Å²) in [6.07, 6.45) is 2.40. The number of para-hydroxylation sites is 1. The summed E-state index contributed by atoms with van der Waals surface area (Å²) in [5, 5.41) is 22.1. The van der Waals surface area contributed by atoms with Crippen molar-refractivity contribution in [2.45, 2.75) is 31.4 Å². The molecule has 2 atom stereocenters. The van der Waals surface area contributed by atoms with Gasteiger partial charge in [0, 0.05) is 0 Å². The molecule has 1 aliphatic rings. The molecule has 0 amide bonds. The van der Waals surface area contributed by atoms with Crippen molar-refractivity contribution in [3.05, 3.63) is 23.8 Å². The van der Waals surface area contributed by atoms with Crippen LogP contribution in [0.25, 0.3) is 0 Å². The number of nitriles is 1. The van der Waals surface area contributed by atoms with Crippen LogP contribution in [-0.4, -0.2) is 24.4 Å². The Labute approximate surface area is 101 Å². The number of methoxy groups -OCH3 is 1. The second-order valence-electron chi connectivity index (χ2n) is 4.24. The van der Waals surface area contributed by atoms with E-state index in [1.54, 1.807) is 19.2 Å². The number of rotatable bonds is 3. The van der Waals surface area contributed by atoms with Crippen molar-refractivity contribution >= 4 is 5.69 Å². The summed E-state index contributed by atoms with van der Waals surface area (Å²) in [5.74, 6) is 0.642. The highest BCUT2D eigenvalue weighted by molar-refractivity contribution is 5.66. The molecule has 0 aromatic heterocycles. The molecule has 90 valence electrons. The van der Waals surface area contributed by atoms with E-state index in [0.29, 0.717) is 17.0 Å². The van der Waals surface area contributed by atoms with Gasteiger partial charge in [0.25, 0.3) is 0 Å². The maximum atomic E-state index is 9.79. The van der Waals surface area contributed by atoms with Gasteiger partial charge in [0.05, 0.1) is 30.5 Å². The largest absolute Gasteiger partial charge is 0.495 e. The average molecular weight is 232 g/mol. The van der Waals surface area contributed by atoms with Crippen LogP contribution in [-0.2, 0) is 0 Å². The van der Waals surface area contributed by atoms with Gasteiger partial charge in [0.2, 0.25) is 0 Å². The zero-order valence-corrected chi connectivity index (χ0v) is 9.81. The van der Waals surface area contributed by atoms with Crippen molar-refractivity contribution in [2.24, 2.45) is 0 Å². The van der Waals surface area contributed by atoms with E-state index < -0.39 is 0 Å². The predicted molar refractivity (Wildman–Crippen MR) is 65.0 cm³/mol. The van der Waals surface area contributed by atoms with Gasteiger partial charge in [-0.25, -0.2) is 0 Å². The lowest BCUT2D eigenvalue weighted by Crippen LogP contribution is -2.28. The van der Waals surface area contributed by atoms with Crippen LogP contribution in [0.3, 0.4) is 0 Å². The maximum Gasteiger partial charge on any atom is 0.143 e. The molecule has 0 aliphatic heterocycles. The number of aliphatic hydroxyl groups is 1. The molecule has 1 fully saturated rings. The summed E-state index contributed by atoms with van der Waals surface area (Å²) >= 11 is 0. The second kappa shape index (κ2) is 5.07. The Morgan fingerprint density at radius 2 is 2.29 bits per heavy atom. The molecule has 1 saturated carbocycles. The number of hydrogen-bond acceptors (Lipinski definition) is 4. The molecule has 1 aromatic rings. The summed E-state index contributed by atoms with van der Waals surface area (Å²) in [6, 6.07) is 7.48. The molecule has 1 aliphatic carbocycles. The highest BCUT2D eigenvalue weighted by Gasteiger charge is 2.26. The van der Waals surface area contributed by atoms with Gasteiger partial charge in [-0.3, -0.25) is 0 Å². The molecule has 0 spiro atoms. The third kappa shape index (κ3) is 2.34. The Hall–Kier alpha value is -1.73. The van der Waals surface area contributed by atoms with Gasteiger partial charge in [-0.05, 0) is 31.4 Å². The fraction of sp³-hybridized carbons (Fsp3) is 0.462. The maximum absolute atomic E-state index is 9.79. The Kier molecular flexibility index (Phi) is 3.50. The summed E-state index contributed by atoms with van der Waals surface area (Å²) in [5.41, 5.74) is 1.23. The first-order chi connectivity index (χ1) is 8.26. The molecule has 0 radical (unpaired) electrons. The normalized spacial score (nSPS) is 23.1. The number of aliphatic hydroxyl groups excluding tert-OH is 1. The zero-order chi connectivity index (χ0) is 12.3. The molecule has 2 rings (SSSR count). The van der Waals surface area contributed by atoms with E-state index >= 15 is 0 Å². The number of anilines is 1. The number of benzene rings is 1. The molecular weight excluding hydrogens is 216 g/mol. The minimum atomic E-state index is -0.341. The van der Waals surface area contributed by atoms with Crippen LogP contribution in [0.1, 0.15) is 24.8 Å². The van der Waals surface area contributed by atoms with Gasteiger partial charge >= 0.3 is 0 Å². The van der Waals surface area contributed by atoms with Gasteiger partial charge in [-0.2, -0.15) is 5.26 Å². The van der Waals surface area contributed by atoms with Gasteiger partial charge in [-0.1, -0.05) is 6.07 Å². The molecule has 2 N–H and O–H groups in total. The fourth-order valence-electron chi connectivity index (χ4n) is 2.24. The average Bonchev–Trinajstić information content (AvgIpc) is 2.75. The van der Waals surface area contributed by atoms with Crippen LogP contribution >= 0.6 is 0 Å². The first-order valence-corrected chi connectivity index (χ1v) is 5.78. The highest BCUT2D eigenvalue weighted by atomic mass is 16.5. The van der Waals surface area contributed by atoms with E-state index in [1.165, 1.54) is 0 Å². The molecule has 0 unspecified atom stereocenters. The lowest BCUT2D eigenvalue weighted by Gasteiger charge is -2.20. The first kappa shape index (κ1) is 11.7. The van der Waals surface area contributed by atoms with Crippen LogP contribution in [0.5, 0.6) is 5.75 Å². The first-order valence-electron chi connectivity index (χ1n) is 5.78. The standard InChI is InChI=1S/C13H16N2O2/c1-17-12-7-2-4-9(8-14)13(12)15-10-5-3-6-11(10)16/h2,4,7,10-11,15-16H,3,5-6H2,1H3/t10-,11-/m1/s1. The van der Waals surface area contributed by atoms with Crippen molar-refractivity contribution in [3.8, 4) is 11.8 Å². The quantitative estimate of drug-likeness (QED) is 0.835. The summed E-state index contributed by atoms with van der Waals surface area (Å²) in [6.45, 7) is 0. The van der Waals surface area contributed by atoms with Gasteiger partial charge in [-0.15, -0.1) is 0 Å². The van der Waals surface area contributed by atoms with Gasteiger partial charge in [0.15, 0.2) is 0 Å².